The molecule has 0 spiro atoms. The number of methoxy groups -OCH3 is 1. The zero-order valence-electron chi connectivity index (χ0n) is 18.6. The van der Waals surface area contributed by atoms with Crippen molar-refractivity contribution in [3.63, 3.8) is 0 Å². The summed E-state index contributed by atoms with van der Waals surface area (Å²) in [6.07, 6.45) is 3.30. The van der Waals surface area contributed by atoms with E-state index in [1.165, 1.54) is 18.5 Å². The van der Waals surface area contributed by atoms with E-state index in [1.807, 2.05) is 25.1 Å². The molecule has 4 rings (SSSR count). The summed E-state index contributed by atoms with van der Waals surface area (Å²) in [5.74, 6) is 0.458. The molecule has 31 heavy (non-hydrogen) atoms. The molecule has 5 heteroatoms. The van der Waals surface area contributed by atoms with E-state index in [0.717, 1.165) is 53.3 Å². The monoisotopic (exact) mass is 417 g/mol. The van der Waals surface area contributed by atoms with Crippen LogP contribution in [0.2, 0.25) is 0 Å². The number of primary amides is 1. The van der Waals surface area contributed by atoms with Crippen molar-refractivity contribution < 1.29 is 9.53 Å². The average Bonchev–Trinajstić information content (AvgIpc) is 3.41. The molecule has 0 bridgehead atoms. The normalized spacial score (nSPS) is 13.6. The van der Waals surface area contributed by atoms with Gasteiger partial charge in [-0.3, -0.25) is 4.79 Å². The van der Waals surface area contributed by atoms with E-state index in [9.17, 15) is 4.79 Å². The third kappa shape index (κ3) is 3.92. The van der Waals surface area contributed by atoms with Crippen LogP contribution in [0, 0.1) is 6.92 Å². The van der Waals surface area contributed by atoms with Gasteiger partial charge in [0, 0.05) is 41.3 Å². The minimum atomic E-state index is -0.385. The van der Waals surface area contributed by atoms with E-state index >= 15 is 0 Å². The summed E-state index contributed by atoms with van der Waals surface area (Å²) in [4.78, 5) is 14.9. The number of hydrogen-bond donors (Lipinski definition) is 1. The number of para-hydroxylation sites is 1. The highest BCUT2D eigenvalue weighted by Gasteiger charge is 2.24. The Labute approximate surface area is 184 Å². The number of ether oxygens (including phenoxy) is 1. The van der Waals surface area contributed by atoms with Crippen molar-refractivity contribution in [3.8, 4) is 16.9 Å². The predicted octanol–water partition coefficient (Wildman–Crippen LogP) is 4.78. The molecule has 5 nitrogen and oxygen atoms in total. The summed E-state index contributed by atoms with van der Waals surface area (Å²) >= 11 is 0. The van der Waals surface area contributed by atoms with Crippen molar-refractivity contribution in [2.24, 2.45) is 5.73 Å². The fraction of sp³-hybridized carbons (Fsp3) is 0.346. The van der Waals surface area contributed by atoms with E-state index in [2.05, 4.69) is 46.7 Å². The Morgan fingerprint density at radius 3 is 2.35 bits per heavy atom. The van der Waals surface area contributed by atoms with Crippen LogP contribution in [-0.2, 0) is 13.0 Å². The number of carbonyl (C=O) groups is 1. The van der Waals surface area contributed by atoms with Gasteiger partial charge in [-0.2, -0.15) is 0 Å². The van der Waals surface area contributed by atoms with Crippen molar-refractivity contribution in [2.45, 2.75) is 39.7 Å². The van der Waals surface area contributed by atoms with E-state index in [0.29, 0.717) is 12.1 Å². The molecule has 0 atom stereocenters. The Morgan fingerprint density at radius 1 is 1.06 bits per heavy atom. The maximum atomic E-state index is 12.5. The van der Waals surface area contributed by atoms with Gasteiger partial charge in [0.05, 0.1) is 19.2 Å². The Bertz CT molecular complexity index is 1080. The molecule has 1 aliphatic rings. The molecule has 162 valence electrons. The summed E-state index contributed by atoms with van der Waals surface area (Å²) in [6.45, 7) is 6.96. The molecule has 0 unspecified atom stereocenters. The summed E-state index contributed by atoms with van der Waals surface area (Å²) < 4.78 is 7.76. The zero-order valence-corrected chi connectivity index (χ0v) is 18.6. The number of hydrogen-bond acceptors (Lipinski definition) is 3. The van der Waals surface area contributed by atoms with Crippen molar-refractivity contribution in [2.75, 3.05) is 25.1 Å². The first-order chi connectivity index (χ1) is 15.0. The molecule has 2 heterocycles. The van der Waals surface area contributed by atoms with E-state index in [4.69, 9.17) is 10.5 Å². The lowest BCUT2D eigenvalue weighted by Crippen LogP contribution is -2.17. The van der Waals surface area contributed by atoms with Gasteiger partial charge in [-0.05, 0) is 49.9 Å². The number of aromatic nitrogens is 1. The minimum Gasteiger partial charge on any atom is -0.496 e. The fourth-order valence-corrected chi connectivity index (χ4v) is 4.81. The molecule has 1 fully saturated rings. The number of rotatable bonds is 7. The Morgan fingerprint density at radius 2 is 1.74 bits per heavy atom. The van der Waals surface area contributed by atoms with Gasteiger partial charge >= 0.3 is 0 Å². The highest BCUT2D eigenvalue weighted by molar-refractivity contribution is 6.02. The van der Waals surface area contributed by atoms with Gasteiger partial charge in [-0.15, -0.1) is 0 Å². The Hall–Kier alpha value is -3.21. The lowest BCUT2D eigenvalue weighted by molar-refractivity contribution is 0.1000. The molecule has 0 radical (unpaired) electrons. The number of benzene rings is 2. The molecule has 1 amide bonds. The molecular weight excluding hydrogens is 386 g/mol. The Kier molecular flexibility index (Phi) is 6.03. The van der Waals surface area contributed by atoms with Gasteiger partial charge in [0.1, 0.15) is 5.75 Å². The maximum Gasteiger partial charge on any atom is 0.251 e. The standard InChI is InChI=1S/C26H31N3O2/c1-4-22-25(19-11-13-21(14-12-19)28-15-7-8-16-28)24(26(27)30)18(2)29(22)17-20-9-5-6-10-23(20)31-3/h5-6,9-14H,4,7-8,15-17H2,1-3H3,(H2,27,30). The summed E-state index contributed by atoms with van der Waals surface area (Å²) in [5.41, 5.74) is 12.8. The van der Waals surface area contributed by atoms with Crippen LogP contribution < -0.4 is 15.4 Å². The van der Waals surface area contributed by atoms with Crippen LogP contribution in [0.3, 0.4) is 0 Å². The first-order valence-corrected chi connectivity index (χ1v) is 11.0. The highest BCUT2D eigenvalue weighted by atomic mass is 16.5. The largest absolute Gasteiger partial charge is 0.496 e. The van der Waals surface area contributed by atoms with Gasteiger partial charge in [0.15, 0.2) is 0 Å². The quantitative estimate of drug-likeness (QED) is 0.602. The van der Waals surface area contributed by atoms with Crippen LogP contribution in [0.4, 0.5) is 5.69 Å². The third-order valence-corrected chi connectivity index (χ3v) is 6.36. The average molecular weight is 418 g/mol. The van der Waals surface area contributed by atoms with Crippen molar-refractivity contribution in [1.82, 2.24) is 4.57 Å². The van der Waals surface area contributed by atoms with Gasteiger partial charge in [0.2, 0.25) is 0 Å². The second-order valence-electron chi connectivity index (χ2n) is 8.14. The van der Waals surface area contributed by atoms with Gasteiger partial charge in [-0.1, -0.05) is 37.3 Å². The fourth-order valence-electron chi connectivity index (χ4n) is 4.81. The van der Waals surface area contributed by atoms with Crippen LogP contribution in [0.25, 0.3) is 11.1 Å². The Balaban J connectivity index is 1.80. The van der Waals surface area contributed by atoms with E-state index in [-0.39, 0.29) is 5.91 Å². The number of nitrogens with zero attached hydrogens (tertiary/aromatic N) is 2. The molecule has 0 aliphatic carbocycles. The summed E-state index contributed by atoms with van der Waals surface area (Å²) in [5, 5.41) is 0. The van der Waals surface area contributed by atoms with E-state index < -0.39 is 0 Å². The number of carbonyl (C=O) groups excluding carboxylic acids is 1. The van der Waals surface area contributed by atoms with Crippen molar-refractivity contribution in [3.05, 3.63) is 71.0 Å². The second-order valence-corrected chi connectivity index (χ2v) is 8.14. The first-order valence-electron chi connectivity index (χ1n) is 11.0. The molecule has 1 aromatic heterocycles. The SMILES string of the molecule is CCc1c(-c2ccc(N3CCCC3)cc2)c(C(N)=O)c(C)n1Cc1ccccc1OC. The minimum absolute atomic E-state index is 0.385. The van der Waals surface area contributed by atoms with Crippen LogP contribution in [0.5, 0.6) is 5.75 Å². The smallest absolute Gasteiger partial charge is 0.251 e. The van der Waals surface area contributed by atoms with Crippen LogP contribution in [0.1, 0.15) is 47.1 Å². The lowest BCUT2D eigenvalue weighted by Gasteiger charge is -2.18. The topological polar surface area (TPSA) is 60.5 Å². The number of amides is 1. The molecule has 2 aromatic carbocycles. The molecule has 0 saturated carbocycles. The van der Waals surface area contributed by atoms with Crippen molar-refractivity contribution in [1.29, 1.82) is 0 Å². The van der Waals surface area contributed by atoms with Gasteiger partial charge in [0.25, 0.3) is 5.91 Å². The molecule has 1 aliphatic heterocycles. The van der Waals surface area contributed by atoms with Gasteiger partial charge < -0.3 is 19.9 Å². The molecule has 2 N–H and O–H groups in total. The first kappa shape index (κ1) is 21.0. The number of nitrogens with two attached hydrogens (primary N) is 1. The summed E-state index contributed by atoms with van der Waals surface area (Å²) in [7, 11) is 1.68. The molecule has 1 saturated heterocycles. The maximum absolute atomic E-state index is 12.5. The van der Waals surface area contributed by atoms with E-state index in [1.54, 1.807) is 7.11 Å². The molecular formula is C26H31N3O2. The third-order valence-electron chi connectivity index (χ3n) is 6.36. The van der Waals surface area contributed by atoms with Gasteiger partial charge in [-0.25, -0.2) is 0 Å². The molecule has 3 aromatic rings. The lowest BCUT2D eigenvalue weighted by atomic mass is 9.98. The van der Waals surface area contributed by atoms with Crippen LogP contribution in [-0.4, -0.2) is 30.7 Å². The predicted molar refractivity (Wildman–Crippen MR) is 126 cm³/mol. The van der Waals surface area contributed by atoms with Crippen LogP contribution in [0.15, 0.2) is 48.5 Å². The van der Waals surface area contributed by atoms with Crippen LogP contribution >= 0.6 is 0 Å². The second kappa shape index (κ2) is 8.88. The highest BCUT2D eigenvalue weighted by Crippen LogP contribution is 2.35. The van der Waals surface area contributed by atoms with Crippen molar-refractivity contribution >= 4 is 11.6 Å². The summed E-state index contributed by atoms with van der Waals surface area (Å²) in [6, 6.07) is 16.6. The number of anilines is 1. The zero-order chi connectivity index (χ0) is 22.0.